The lowest BCUT2D eigenvalue weighted by molar-refractivity contribution is 0.0224. The third-order valence-corrected chi connectivity index (χ3v) is 6.69. The van der Waals surface area contributed by atoms with Gasteiger partial charge in [0.05, 0.1) is 5.56 Å². The van der Waals surface area contributed by atoms with E-state index < -0.39 is 11.6 Å². The molecule has 0 saturated heterocycles. The van der Waals surface area contributed by atoms with Gasteiger partial charge < -0.3 is 36.1 Å². The number of anilines is 1. The Labute approximate surface area is 214 Å². The number of aromatic hydroxyl groups is 2. The molecule has 2 aliphatic rings. The first kappa shape index (κ1) is 23.9. The number of fused-ring (bicyclic) bond motifs is 6. The second-order valence-electron chi connectivity index (χ2n) is 8.88. The maximum atomic E-state index is 13.2. The van der Waals surface area contributed by atoms with E-state index in [4.69, 9.17) is 27.4 Å². The van der Waals surface area contributed by atoms with Crippen LogP contribution in [0.5, 0.6) is 23.0 Å². The van der Waals surface area contributed by atoms with Gasteiger partial charge in [-0.1, -0.05) is 18.9 Å². The van der Waals surface area contributed by atoms with Crippen molar-refractivity contribution in [2.75, 3.05) is 18.4 Å². The molecule has 0 radical (unpaired) electrons. The van der Waals surface area contributed by atoms with E-state index in [0.717, 1.165) is 32.2 Å². The predicted octanol–water partition coefficient (Wildman–Crippen LogP) is 4.47. The number of hydrogen-bond donors (Lipinski definition) is 5. The zero-order chi connectivity index (χ0) is 25.3. The molecule has 0 saturated carbocycles. The highest BCUT2D eigenvalue weighted by Gasteiger charge is 2.53. The first-order valence-corrected chi connectivity index (χ1v) is 12.3. The Hall–Kier alpha value is -3.82. The monoisotopic (exact) mass is 505 g/mol. The van der Waals surface area contributed by atoms with Crippen LogP contribution in [0.2, 0.25) is 0 Å². The number of hydrogen-bond acceptors (Lipinski definition) is 7. The van der Waals surface area contributed by atoms with Gasteiger partial charge in [0.2, 0.25) is 0 Å². The van der Waals surface area contributed by atoms with Gasteiger partial charge in [0.15, 0.2) is 10.7 Å². The molecule has 9 heteroatoms. The van der Waals surface area contributed by atoms with Crippen molar-refractivity contribution in [1.29, 1.82) is 0 Å². The summed E-state index contributed by atoms with van der Waals surface area (Å²) in [6.45, 7) is 1.46. The zero-order valence-corrected chi connectivity index (χ0v) is 20.4. The number of phenolic OH excluding ortho intramolecular Hbond substituents is 2. The highest BCUT2D eigenvalue weighted by Crippen LogP contribution is 2.57. The summed E-state index contributed by atoms with van der Waals surface area (Å²) in [4.78, 5) is 13.2. The van der Waals surface area contributed by atoms with Crippen molar-refractivity contribution >= 4 is 29.0 Å². The normalized spacial score (nSPS) is 14.3. The van der Waals surface area contributed by atoms with Gasteiger partial charge in [-0.15, -0.1) is 0 Å². The van der Waals surface area contributed by atoms with Crippen LogP contribution in [0.1, 0.15) is 52.7 Å². The number of esters is 1. The van der Waals surface area contributed by atoms with Crippen LogP contribution in [0.15, 0.2) is 54.6 Å². The molecule has 1 spiro atoms. The molecule has 0 amide bonds. The van der Waals surface area contributed by atoms with Crippen LogP contribution in [0, 0.1) is 0 Å². The van der Waals surface area contributed by atoms with Crippen LogP contribution < -0.4 is 21.1 Å². The van der Waals surface area contributed by atoms with Gasteiger partial charge in [0.25, 0.3) is 0 Å². The summed E-state index contributed by atoms with van der Waals surface area (Å²) in [5, 5.41) is 26.9. The topological polar surface area (TPSA) is 126 Å². The lowest BCUT2D eigenvalue weighted by Gasteiger charge is -2.36. The largest absolute Gasteiger partial charge is 0.508 e. The third kappa shape index (κ3) is 4.20. The SMILES string of the molecule is NCCCCCCNC(=S)Nc1ccc2c(c1)C(=O)OC21c2ccc(O)cc2Oc2cc(O)ccc21. The number of rotatable bonds is 7. The molecule has 6 N–H and O–H groups in total. The van der Waals surface area contributed by atoms with Crippen LogP contribution >= 0.6 is 12.2 Å². The van der Waals surface area contributed by atoms with E-state index in [9.17, 15) is 15.0 Å². The molecule has 36 heavy (non-hydrogen) atoms. The number of carbonyl (C=O) groups excluding carboxylic acids is 1. The van der Waals surface area contributed by atoms with Crippen molar-refractivity contribution in [2.24, 2.45) is 5.73 Å². The molecular formula is C27H27N3O5S. The van der Waals surface area contributed by atoms with Crippen LogP contribution in [0.25, 0.3) is 0 Å². The van der Waals surface area contributed by atoms with E-state index in [1.807, 2.05) is 12.1 Å². The van der Waals surface area contributed by atoms with Gasteiger partial charge in [0, 0.05) is 41.1 Å². The number of thiocarbonyl (C=S) groups is 1. The van der Waals surface area contributed by atoms with Crippen LogP contribution in [0.3, 0.4) is 0 Å². The molecule has 3 aromatic rings. The molecule has 0 atom stereocenters. The number of nitrogens with two attached hydrogens (primary N) is 1. The second-order valence-corrected chi connectivity index (χ2v) is 9.29. The summed E-state index contributed by atoms with van der Waals surface area (Å²) in [5.74, 6) is 0.210. The van der Waals surface area contributed by atoms with Gasteiger partial charge in [0.1, 0.15) is 23.0 Å². The van der Waals surface area contributed by atoms with E-state index >= 15 is 0 Å². The first-order valence-electron chi connectivity index (χ1n) is 11.9. The Balaban J connectivity index is 1.44. The maximum Gasteiger partial charge on any atom is 0.340 e. The molecule has 2 heterocycles. The zero-order valence-electron chi connectivity index (χ0n) is 19.5. The molecule has 5 rings (SSSR count). The van der Waals surface area contributed by atoms with Crippen molar-refractivity contribution in [1.82, 2.24) is 5.32 Å². The Morgan fingerprint density at radius 1 is 0.889 bits per heavy atom. The number of phenols is 2. The van der Waals surface area contributed by atoms with Crippen LogP contribution in [-0.4, -0.2) is 34.4 Å². The molecule has 0 aromatic heterocycles. The van der Waals surface area contributed by atoms with Gasteiger partial charge in [-0.3, -0.25) is 0 Å². The predicted molar refractivity (Wildman–Crippen MR) is 140 cm³/mol. The van der Waals surface area contributed by atoms with E-state index in [-0.39, 0.29) is 11.5 Å². The van der Waals surface area contributed by atoms with Crippen LogP contribution in [0.4, 0.5) is 5.69 Å². The summed E-state index contributed by atoms with van der Waals surface area (Å²) in [6, 6.07) is 14.7. The fraction of sp³-hybridized carbons (Fsp3) is 0.259. The van der Waals surface area contributed by atoms with Gasteiger partial charge >= 0.3 is 5.97 Å². The standard InChI is InChI=1S/C27H27N3O5S/c28-11-3-1-2-4-12-29-26(36)30-16-5-8-20-19(13-16)25(33)35-27(20)21-9-6-17(31)14-23(21)34-24-15-18(32)7-10-22(24)27/h5-10,13-15,31-32H,1-4,11-12,28H2,(H2,29,30,36). The highest BCUT2D eigenvalue weighted by atomic mass is 32.1. The smallest absolute Gasteiger partial charge is 0.340 e. The average molecular weight is 506 g/mol. The van der Waals surface area contributed by atoms with Gasteiger partial charge in [-0.05, 0) is 68.0 Å². The van der Waals surface area contributed by atoms with Crippen molar-refractivity contribution in [2.45, 2.75) is 31.3 Å². The minimum atomic E-state index is -1.28. The molecular weight excluding hydrogens is 478 g/mol. The van der Waals surface area contributed by atoms with E-state index in [2.05, 4.69) is 10.6 Å². The van der Waals surface area contributed by atoms with Crippen molar-refractivity contribution < 1.29 is 24.5 Å². The van der Waals surface area contributed by atoms with Gasteiger partial charge in [-0.2, -0.15) is 0 Å². The number of benzene rings is 3. The summed E-state index contributed by atoms with van der Waals surface area (Å²) >= 11 is 5.42. The number of ether oxygens (including phenoxy) is 2. The Bertz CT molecular complexity index is 1290. The summed E-state index contributed by atoms with van der Waals surface area (Å²) < 4.78 is 12.1. The number of carbonyl (C=O) groups is 1. The minimum absolute atomic E-state index is 0.0111. The quantitative estimate of drug-likeness (QED) is 0.180. The second kappa shape index (κ2) is 9.67. The molecule has 0 aliphatic carbocycles. The Kier molecular flexibility index (Phi) is 6.42. The lowest BCUT2D eigenvalue weighted by Crippen LogP contribution is -2.33. The summed E-state index contributed by atoms with van der Waals surface area (Å²) in [7, 11) is 0. The fourth-order valence-electron chi connectivity index (χ4n) is 4.78. The molecule has 0 fully saturated rings. The fourth-order valence-corrected chi connectivity index (χ4v) is 5.00. The maximum absolute atomic E-state index is 13.2. The van der Waals surface area contributed by atoms with Gasteiger partial charge in [-0.25, -0.2) is 4.79 Å². The van der Waals surface area contributed by atoms with Crippen LogP contribution in [-0.2, 0) is 10.3 Å². The van der Waals surface area contributed by atoms with Crippen molar-refractivity contribution in [3.63, 3.8) is 0 Å². The van der Waals surface area contributed by atoms with E-state index in [0.29, 0.717) is 51.1 Å². The average Bonchev–Trinajstić information content (AvgIpc) is 3.13. The molecule has 0 bridgehead atoms. The van der Waals surface area contributed by atoms with Crippen molar-refractivity contribution in [3.05, 3.63) is 76.9 Å². The van der Waals surface area contributed by atoms with E-state index in [1.54, 1.807) is 18.2 Å². The lowest BCUT2D eigenvalue weighted by atomic mass is 9.77. The molecule has 2 aliphatic heterocycles. The molecule has 8 nitrogen and oxygen atoms in total. The Morgan fingerprint density at radius 3 is 2.19 bits per heavy atom. The molecule has 0 unspecified atom stereocenters. The molecule has 3 aromatic carbocycles. The first-order chi connectivity index (χ1) is 17.4. The Morgan fingerprint density at radius 2 is 1.53 bits per heavy atom. The summed E-state index contributed by atoms with van der Waals surface area (Å²) in [6.07, 6.45) is 4.21. The third-order valence-electron chi connectivity index (χ3n) is 6.45. The summed E-state index contributed by atoms with van der Waals surface area (Å²) in [5.41, 5.74) is 7.10. The van der Waals surface area contributed by atoms with E-state index in [1.165, 1.54) is 24.3 Å². The minimum Gasteiger partial charge on any atom is -0.508 e. The number of unbranched alkanes of at least 4 members (excludes halogenated alkanes) is 3. The molecule has 186 valence electrons. The number of nitrogens with one attached hydrogen (secondary N) is 2. The highest BCUT2D eigenvalue weighted by molar-refractivity contribution is 7.80. The van der Waals surface area contributed by atoms with Crippen molar-refractivity contribution in [3.8, 4) is 23.0 Å².